The number of aryl methyl sites for hydroxylation is 1. The van der Waals surface area contributed by atoms with E-state index in [1.807, 2.05) is 6.07 Å². The molecule has 0 atom stereocenters. The lowest BCUT2D eigenvalue weighted by Crippen LogP contribution is -2.35. The molecule has 0 bridgehead atoms. The standard InChI is InChI=1S/C14H15N5O2/c1-18-7-9-5-10(3-4-11(9)17-14(18)21)16-13(20)12-6-15-8-19(12)2/h3-6,8H,7H2,1-2H3,(H,16,20)(H,17,21). The van der Waals surface area contributed by atoms with E-state index in [1.165, 1.54) is 6.20 Å². The van der Waals surface area contributed by atoms with Gasteiger partial charge in [0.05, 0.1) is 12.5 Å². The highest BCUT2D eigenvalue weighted by molar-refractivity contribution is 6.03. The van der Waals surface area contributed by atoms with Gasteiger partial charge in [-0.2, -0.15) is 0 Å². The molecule has 0 unspecified atom stereocenters. The van der Waals surface area contributed by atoms with E-state index >= 15 is 0 Å². The Morgan fingerprint density at radius 3 is 2.90 bits per heavy atom. The van der Waals surface area contributed by atoms with Crippen molar-refractivity contribution in [3.05, 3.63) is 42.0 Å². The molecule has 3 rings (SSSR count). The van der Waals surface area contributed by atoms with Gasteiger partial charge in [-0.3, -0.25) is 4.79 Å². The zero-order valence-corrected chi connectivity index (χ0v) is 11.8. The number of amides is 3. The molecular formula is C14H15N5O2. The number of hydrogen-bond acceptors (Lipinski definition) is 3. The number of carbonyl (C=O) groups excluding carboxylic acids is 2. The van der Waals surface area contributed by atoms with Gasteiger partial charge in [0.25, 0.3) is 5.91 Å². The van der Waals surface area contributed by atoms with Crippen molar-refractivity contribution >= 4 is 23.3 Å². The maximum absolute atomic E-state index is 12.1. The van der Waals surface area contributed by atoms with Crippen molar-refractivity contribution in [3.63, 3.8) is 0 Å². The third-order valence-electron chi connectivity index (χ3n) is 3.41. The van der Waals surface area contributed by atoms with Crippen LogP contribution in [0.15, 0.2) is 30.7 Å². The lowest BCUT2D eigenvalue weighted by molar-refractivity contribution is 0.101. The van der Waals surface area contributed by atoms with Crippen LogP contribution in [0, 0.1) is 0 Å². The van der Waals surface area contributed by atoms with Gasteiger partial charge in [-0.25, -0.2) is 9.78 Å². The summed E-state index contributed by atoms with van der Waals surface area (Å²) in [6, 6.07) is 5.28. The van der Waals surface area contributed by atoms with Crippen LogP contribution in [0.1, 0.15) is 16.1 Å². The molecule has 1 aliphatic rings. The summed E-state index contributed by atoms with van der Waals surface area (Å²) >= 11 is 0. The molecular weight excluding hydrogens is 270 g/mol. The van der Waals surface area contributed by atoms with Gasteiger partial charge in [0.2, 0.25) is 0 Å². The molecule has 1 aromatic carbocycles. The van der Waals surface area contributed by atoms with E-state index in [2.05, 4.69) is 15.6 Å². The summed E-state index contributed by atoms with van der Waals surface area (Å²) in [5.74, 6) is -0.219. The summed E-state index contributed by atoms with van der Waals surface area (Å²) in [6.07, 6.45) is 3.09. The summed E-state index contributed by atoms with van der Waals surface area (Å²) in [5, 5.41) is 5.62. The molecule has 2 N–H and O–H groups in total. The van der Waals surface area contributed by atoms with Gasteiger partial charge in [0.15, 0.2) is 0 Å². The molecule has 1 aliphatic heterocycles. The fraction of sp³-hybridized carbons (Fsp3) is 0.214. The Morgan fingerprint density at radius 1 is 1.38 bits per heavy atom. The van der Waals surface area contributed by atoms with Crippen molar-refractivity contribution in [2.24, 2.45) is 7.05 Å². The van der Waals surface area contributed by atoms with E-state index in [4.69, 9.17) is 0 Å². The summed E-state index contributed by atoms with van der Waals surface area (Å²) in [4.78, 5) is 29.2. The number of aromatic nitrogens is 2. The second-order valence-corrected chi connectivity index (χ2v) is 5.00. The second kappa shape index (κ2) is 4.93. The Kier molecular flexibility index (Phi) is 3.09. The van der Waals surface area contributed by atoms with E-state index in [-0.39, 0.29) is 11.9 Å². The summed E-state index contributed by atoms with van der Waals surface area (Å²) in [6.45, 7) is 0.511. The monoisotopic (exact) mass is 285 g/mol. The number of fused-ring (bicyclic) bond motifs is 1. The molecule has 7 heteroatoms. The number of anilines is 2. The van der Waals surface area contributed by atoms with Gasteiger partial charge in [0.1, 0.15) is 5.69 Å². The van der Waals surface area contributed by atoms with Crippen LogP contribution in [0.2, 0.25) is 0 Å². The van der Waals surface area contributed by atoms with E-state index < -0.39 is 0 Å². The molecule has 21 heavy (non-hydrogen) atoms. The number of hydrogen-bond donors (Lipinski definition) is 2. The number of carbonyl (C=O) groups is 2. The fourth-order valence-electron chi connectivity index (χ4n) is 2.23. The summed E-state index contributed by atoms with van der Waals surface area (Å²) in [5.41, 5.74) is 2.90. The highest BCUT2D eigenvalue weighted by atomic mass is 16.2. The summed E-state index contributed by atoms with van der Waals surface area (Å²) < 4.78 is 1.65. The van der Waals surface area contributed by atoms with Crippen LogP contribution >= 0.6 is 0 Å². The minimum Gasteiger partial charge on any atom is -0.330 e. The molecule has 0 saturated carbocycles. The molecule has 3 amide bonds. The van der Waals surface area contributed by atoms with Crippen LogP contribution in [0.4, 0.5) is 16.2 Å². The zero-order chi connectivity index (χ0) is 15.0. The van der Waals surface area contributed by atoms with E-state index in [0.29, 0.717) is 17.9 Å². The van der Waals surface area contributed by atoms with Gasteiger partial charge in [-0.05, 0) is 23.8 Å². The first-order valence-corrected chi connectivity index (χ1v) is 6.47. The first-order chi connectivity index (χ1) is 10.0. The first-order valence-electron chi connectivity index (χ1n) is 6.47. The normalized spacial score (nSPS) is 13.6. The zero-order valence-electron chi connectivity index (χ0n) is 11.8. The summed E-state index contributed by atoms with van der Waals surface area (Å²) in [7, 11) is 3.48. The topological polar surface area (TPSA) is 79.3 Å². The van der Waals surface area contributed by atoms with Crippen LogP contribution in [-0.2, 0) is 13.6 Å². The SMILES string of the molecule is CN1Cc2cc(NC(=O)c3cncn3C)ccc2NC1=O. The first kappa shape index (κ1) is 13.2. The lowest BCUT2D eigenvalue weighted by Gasteiger charge is -2.26. The highest BCUT2D eigenvalue weighted by Crippen LogP contribution is 2.25. The minimum atomic E-state index is -0.219. The van der Waals surface area contributed by atoms with Crippen LogP contribution in [-0.4, -0.2) is 33.4 Å². The molecule has 0 fully saturated rings. The van der Waals surface area contributed by atoms with E-state index in [9.17, 15) is 9.59 Å². The van der Waals surface area contributed by atoms with Crippen LogP contribution < -0.4 is 10.6 Å². The highest BCUT2D eigenvalue weighted by Gasteiger charge is 2.19. The Hall–Kier alpha value is -2.83. The minimum absolute atomic E-state index is 0.130. The lowest BCUT2D eigenvalue weighted by atomic mass is 10.1. The maximum atomic E-state index is 12.1. The molecule has 2 heterocycles. The number of benzene rings is 1. The third-order valence-corrected chi connectivity index (χ3v) is 3.41. The number of rotatable bonds is 2. The Morgan fingerprint density at radius 2 is 2.19 bits per heavy atom. The van der Waals surface area contributed by atoms with Crippen molar-refractivity contribution in [2.45, 2.75) is 6.54 Å². The third kappa shape index (κ3) is 2.45. The van der Waals surface area contributed by atoms with Crippen molar-refractivity contribution in [2.75, 3.05) is 17.7 Å². The molecule has 0 spiro atoms. The second-order valence-electron chi connectivity index (χ2n) is 5.00. The smallest absolute Gasteiger partial charge is 0.321 e. The Labute approximate surface area is 121 Å². The van der Waals surface area contributed by atoms with Crippen LogP contribution in [0.25, 0.3) is 0 Å². The molecule has 0 saturated heterocycles. The maximum Gasteiger partial charge on any atom is 0.321 e. The van der Waals surface area contributed by atoms with Crippen molar-refractivity contribution < 1.29 is 9.59 Å². The largest absolute Gasteiger partial charge is 0.330 e. The Balaban J connectivity index is 1.82. The molecule has 1 aromatic heterocycles. The van der Waals surface area contributed by atoms with Gasteiger partial charge in [-0.15, -0.1) is 0 Å². The van der Waals surface area contributed by atoms with Crippen molar-refractivity contribution in [1.29, 1.82) is 0 Å². The average molecular weight is 285 g/mol. The average Bonchev–Trinajstić information content (AvgIpc) is 2.87. The molecule has 0 radical (unpaired) electrons. The number of imidazole rings is 1. The fourth-order valence-corrected chi connectivity index (χ4v) is 2.23. The van der Waals surface area contributed by atoms with Gasteiger partial charge in [0, 0.05) is 32.0 Å². The van der Waals surface area contributed by atoms with Crippen molar-refractivity contribution in [3.8, 4) is 0 Å². The van der Waals surface area contributed by atoms with Crippen LogP contribution in [0.3, 0.4) is 0 Å². The Bertz CT molecular complexity index is 722. The number of nitrogens with one attached hydrogen (secondary N) is 2. The molecule has 7 nitrogen and oxygen atoms in total. The van der Waals surface area contributed by atoms with Crippen LogP contribution in [0.5, 0.6) is 0 Å². The molecule has 108 valence electrons. The predicted molar refractivity (Wildman–Crippen MR) is 78.1 cm³/mol. The quantitative estimate of drug-likeness (QED) is 0.880. The van der Waals surface area contributed by atoms with E-state index in [0.717, 1.165) is 11.3 Å². The van der Waals surface area contributed by atoms with Gasteiger partial charge < -0.3 is 20.1 Å². The van der Waals surface area contributed by atoms with Crippen molar-refractivity contribution in [1.82, 2.24) is 14.5 Å². The molecule has 0 aliphatic carbocycles. The predicted octanol–water partition coefficient (Wildman–Crippen LogP) is 1.65. The van der Waals surface area contributed by atoms with Gasteiger partial charge >= 0.3 is 6.03 Å². The molecule has 2 aromatic rings. The number of nitrogens with zero attached hydrogens (tertiary/aromatic N) is 3. The van der Waals surface area contributed by atoms with Gasteiger partial charge in [-0.1, -0.05) is 0 Å². The number of urea groups is 1. The van der Waals surface area contributed by atoms with E-state index in [1.54, 1.807) is 42.0 Å².